The van der Waals surface area contributed by atoms with Crippen molar-refractivity contribution in [1.82, 2.24) is 0 Å². The van der Waals surface area contributed by atoms with E-state index >= 15 is 0 Å². The monoisotopic (exact) mass is 421 g/mol. The maximum absolute atomic E-state index is 13.0. The summed E-state index contributed by atoms with van der Waals surface area (Å²) < 4.78 is 16.8. The Morgan fingerprint density at radius 3 is 2.45 bits per heavy atom. The molecular weight excluding hydrogens is 390 g/mol. The van der Waals surface area contributed by atoms with Gasteiger partial charge in [0.2, 0.25) is 0 Å². The number of ketones is 1. The van der Waals surface area contributed by atoms with E-state index in [4.69, 9.17) is 14.2 Å². The topological polar surface area (TPSA) is 48.0 Å². The number of fused-ring (bicyclic) bond motifs is 1. The molecule has 2 aromatic carbocycles. The Labute approximate surface area is 184 Å². The van der Waals surface area contributed by atoms with Crippen molar-refractivity contribution in [3.8, 4) is 11.5 Å². The molecule has 1 aliphatic rings. The van der Waals surface area contributed by atoms with Crippen molar-refractivity contribution in [2.75, 3.05) is 31.9 Å². The van der Waals surface area contributed by atoms with Crippen LogP contribution < -0.4 is 14.4 Å². The number of rotatable bonds is 9. The number of anilines is 1. The summed E-state index contributed by atoms with van der Waals surface area (Å²) in [6.07, 6.45) is 7.32. The van der Waals surface area contributed by atoms with E-state index in [1.54, 1.807) is 25.3 Å². The minimum Gasteiger partial charge on any atom is -0.482 e. The number of ether oxygens (including phenoxy) is 3. The molecule has 3 rings (SSSR count). The normalized spacial score (nSPS) is 14.2. The summed E-state index contributed by atoms with van der Waals surface area (Å²) in [7, 11) is 1.57. The van der Waals surface area contributed by atoms with Gasteiger partial charge in [-0.2, -0.15) is 0 Å². The SMILES string of the molecule is CCN(CC)c1ccc(/C=C/C(=O)c2ccc(OCOC)c3c2OC(C)(C)C=C3)cc1. The summed E-state index contributed by atoms with van der Waals surface area (Å²) in [6.45, 7) is 10.2. The van der Waals surface area contributed by atoms with Crippen LogP contribution in [0.3, 0.4) is 0 Å². The Bertz CT molecular complexity index is 970. The number of carbonyl (C=O) groups is 1. The fourth-order valence-electron chi connectivity index (χ4n) is 3.52. The molecule has 0 fully saturated rings. The van der Waals surface area contributed by atoms with Gasteiger partial charge in [-0.25, -0.2) is 0 Å². The van der Waals surface area contributed by atoms with Crippen LogP contribution in [0.25, 0.3) is 12.2 Å². The smallest absolute Gasteiger partial charge is 0.189 e. The zero-order chi connectivity index (χ0) is 22.4. The van der Waals surface area contributed by atoms with Crippen LogP contribution in [0, 0.1) is 0 Å². The first-order valence-corrected chi connectivity index (χ1v) is 10.6. The summed E-state index contributed by atoms with van der Waals surface area (Å²) in [5, 5.41) is 0. The van der Waals surface area contributed by atoms with Crippen LogP contribution in [0.5, 0.6) is 11.5 Å². The van der Waals surface area contributed by atoms with E-state index in [-0.39, 0.29) is 12.6 Å². The second kappa shape index (κ2) is 9.84. The van der Waals surface area contributed by atoms with Crippen LogP contribution in [0.2, 0.25) is 0 Å². The molecular formula is C26H31NO4. The third-order valence-electron chi connectivity index (χ3n) is 5.22. The molecule has 5 nitrogen and oxygen atoms in total. The van der Waals surface area contributed by atoms with Crippen molar-refractivity contribution < 1.29 is 19.0 Å². The Morgan fingerprint density at radius 1 is 1.10 bits per heavy atom. The van der Waals surface area contributed by atoms with Crippen molar-refractivity contribution in [2.45, 2.75) is 33.3 Å². The average Bonchev–Trinajstić information content (AvgIpc) is 2.76. The second-order valence-electron chi connectivity index (χ2n) is 7.91. The van der Waals surface area contributed by atoms with Gasteiger partial charge in [-0.05, 0) is 75.8 Å². The van der Waals surface area contributed by atoms with E-state index in [1.807, 2.05) is 44.2 Å². The first-order valence-electron chi connectivity index (χ1n) is 10.6. The molecule has 0 aliphatic carbocycles. The lowest BCUT2D eigenvalue weighted by Gasteiger charge is -2.30. The van der Waals surface area contributed by atoms with Crippen molar-refractivity contribution in [3.63, 3.8) is 0 Å². The van der Waals surface area contributed by atoms with Crippen molar-refractivity contribution in [3.05, 3.63) is 65.2 Å². The highest BCUT2D eigenvalue weighted by atomic mass is 16.7. The van der Waals surface area contributed by atoms with E-state index < -0.39 is 5.60 Å². The first-order chi connectivity index (χ1) is 14.9. The van der Waals surface area contributed by atoms with Gasteiger partial charge in [0.25, 0.3) is 0 Å². The number of benzene rings is 2. The summed E-state index contributed by atoms with van der Waals surface area (Å²) in [5.74, 6) is 1.04. The molecule has 0 amide bonds. The highest BCUT2D eigenvalue weighted by Gasteiger charge is 2.28. The number of methoxy groups -OCH3 is 1. The zero-order valence-electron chi connectivity index (χ0n) is 19.0. The van der Waals surface area contributed by atoms with E-state index in [9.17, 15) is 4.79 Å². The van der Waals surface area contributed by atoms with Gasteiger partial charge in [0.05, 0.1) is 11.1 Å². The second-order valence-corrected chi connectivity index (χ2v) is 7.91. The lowest BCUT2D eigenvalue weighted by atomic mass is 9.97. The van der Waals surface area contributed by atoms with Gasteiger partial charge in [0, 0.05) is 25.9 Å². The van der Waals surface area contributed by atoms with Crippen molar-refractivity contribution >= 4 is 23.6 Å². The van der Waals surface area contributed by atoms with Crippen LogP contribution in [-0.2, 0) is 4.74 Å². The number of nitrogens with zero attached hydrogens (tertiary/aromatic N) is 1. The predicted octanol–water partition coefficient (Wildman–Crippen LogP) is 5.60. The van der Waals surface area contributed by atoms with Gasteiger partial charge >= 0.3 is 0 Å². The summed E-state index contributed by atoms with van der Waals surface area (Å²) in [5.41, 5.74) is 2.90. The highest BCUT2D eigenvalue weighted by Crippen LogP contribution is 2.40. The van der Waals surface area contributed by atoms with Gasteiger partial charge < -0.3 is 19.1 Å². The minimum absolute atomic E-state index is 0.117. The van der Waals surface area contributed by atoms with Crippen molar-refractivity contribution in [2.24, 2.45) is 0 Å². The maximum Gasteiger partial charge on any atom is 0.189 e. The standard InChI is InChI=1S/C26H31NO4/c1-6-27(7-2)20-11-8-19(9-12-20)10-14-23(28)21-13-15-24(30-18-29-5)22-16-17-26(3,4)31-25(21)22/h8-17H,6-7,18H2,1-5H3/b14-10+. The van der Waals surface area contributed by atoms with Crippen LogP contribution in [0.1, 0.15) is 49.2 Å². The number of hydrogen-bond acceptors (Lipinski definition) is 5. The van der Waals surface area contributed by atoms with Gasteiger partial charge in [-0.3, -0.25) is 4.79 Å². The highest BCUT2D eigenvalue weighted by molar-refractivity contribution is 6.09. The Kier molecular flexibility index (Phi) is 7.18. The zero-order valence-corrected chi connectivity index (χ0v) is 19.0. The molecule has 0 radical (unpaired) electrons. The Balaban J connectivity index is 1.85. The molecule has 0 unspecified atom stereocenters. The number of carbonyl (C=O) groups excluding carboxylic acids is 1. The summed E-state index contributed by atoms with van der Waals surface area (Å²) in [6, 6.07) is 11.7. The molecule has 2 aromatic rings. The first kappa shape index (κ1) is 22.6. The summed E-state index contributed by atoms with van der Waals surface area (Å²) >= 11 is 0. The maximum atomic E-state index is 13.0. The quantitative estimate of drug-likeness (QED) is 0.300. The predicted molar refractivity (Wildman–Crippen MR) is 126 cm³/mol. The van der Waals surface area contributed by atoms with E-state index in [0.717, 1.165) is 24.2 Å². The Hall–Kier alpha value is -3.05. The summed E-state index contributed by atoms with van der Waals surface area (Å²) in [4.78, 5) is 15.3. The van der Waals surface area contributed by atoms with E-state index in [1.165, 1.54) is 5.69 Å². The Morgan fingerprint density at radius 2 is 1.81 bits per heavy atom. The molecule has 0 saturated heterocycles. The fraction of sp³-hybridized carbons (Fsp3) is 0.346. The molecule has 0 atom stereocenters. The lowest BCUT2D eigenvalue weighted by Crippen LogP contribution is -2.28. The van der Waals surface area contributed by atoms with Crippen LogP contribution in [0.4, 0.5) is 5.69 Å². The van der Waals surface area contributed by atoms with Crippen molar-refractivity contribution in [1.29, 1.82) is 0 Å². The van der Waals surface area contributed by atoms with E-state index in [2.05, 4.69) is 30.9 Å². The largest absolute Gasteiger partial charge is 0.482 e. The molecule has 5 heteroatoms. The molecule has 31 heavy (non-hydrogen) atoms. The third kappa shape index (κ3) is 5.36. The van der Waals surface area contributed by atoms with E-state index in [0.29, 0.717) is 17.1 Å². The lowest BCUT2D eigenvalue weighted by molar-refractivity contribution is 0.0503. The average molecular weight is 422 g/mol. The molecule has 164 valence electrons. The van der Waals surface area contributed by atoms with Gasteiger partial charge in [0.1, 0.15) is 17.1 Å². The molecule has 1 aliphatic heterocycles. The number of hydrogen-bond donors (Lipinski definition) is 0. The third-order valence-corrected chi connectivity index (χ3v) is 5.22. The minimum atomic E-state index is -0.508. The van der Waals surface area contributed by atoms with Crippen LogP contribution >= 0.6 is 0 Å². The molecule has 0 N–H and O–H groups in total. The number of allylic oxidation sites excluding steroid dienone is 1. The van der Waals surface area contributed by atoms with Gasteiger partial charge in [-0.15, -0.1) is 0 Å². The fourth-order valence-corrected chi connectivity index (χ4v) is 3.52. The van der Waals surface area contributed by atoms with Crippen LogP contribution in [-0.4, -0.2) is 38.4 Å². The van der Waals surface area contributed by atoms with Crippen LogP contribution in [0.15, 0.2) is 48.6 Å². The van der Waals surface area contributed by atoms with Gasteiger partial charge in [0.15, 0.2) is 12.6 Å². The molecule has 0 aromatic heterocycles. The molecule has 1 heterocycles. The van der Waals surface area contributed by atoms with Gasteiger partial charge in [-0.1, -0.05) is 18.2 Å². The molecule has 0 saturated carbocycles. The molecule has 0 spiro atoms. The molecule has 0 bridgehead atoms.